The predicted octanol–water partition coefficient (Wildman–Crippen LogP) is 2.27. The molecule has 0 aliphatic heterocycles. The Morgan fingerprint density at radius 1 is 1.24 bits per heavy atom. The molecule has 1 aromatic carbocycles. The molecule has 0 aliphatic rings. The van der Waals surface area contributed by atoms with Crippen molar-refractivity contribution >= 4 is 27.5 Å². The van der Waals surface area contributed by atoms with Crippen LogP contribution in [0.4, 0.5) is 0 Å². The van der Waals surface area contributed by atoms with Gasteiger partial charge in [-0.1, -0.05) is 25.4 Å². The van der Waals surface area contributed by atoms with Gasteiger partial charge in [0.25, 0.3) is 0 Å². The van der Waals surface area contributed by atoms with E-state index in [4.69, 9.17) is 11.6 Å². The van der Waals surface area contributed by atoms with E-state index in [1.807, 2.05) is 13.8 Å². The van der Waals surface area contributed by atoms with E-state index in [9.17, 15) is 13.2 Å². The number of halogens is 1. The zero-order chi connectivity index (χ0) is 16.0. The van der Waals surface area contributed by atoms with Gasteiger partial charge in [-0.15, -0.1) is 0 Å². The van der Waals surface area contributed by atoms with Crippen molar-refractivity contribution in [3.05, 3.63) is 29.3 Å². The van der Waals surface area contributed by atoms with E-state index in [0.717, 1.165) is 17.1 Å². The third-order valence-electron chi connectivity index (χ3n) is 3.24. The van der Waals surface area contributed by atoms with Gasteiger partial charge in [-0.3, -0.25) is 4.79 Å². The molecule has 1 N–H and O–H groups in total. The van der Waals surface area contributed by atoms with Crippen LogP contribution in [0.25, 0.3) is 0 Å². The van der Waals surface area contributed by atoms with Gasteiger partial charge in [-0.05, 0) is 37.1 Å². The Labute approximate surface area is 131 Å². The van der Waals surface area contributed by atoms with Gasteiger partial charge < -0.3 is 5.32 Å². The summed E-state index contributed by atoms with van der Waals surface area (Å²) < 4.78 is 25.6. The van der Waals surface area contributed by atoms with Crippen LogP contribution in [0.15, 0.2) is 29.2 Å². The summed E-state index contributed by atoms with van der Waals surface area (Å²) >= 11 is 5.74. The van der Waals surface area contributed by atoms with Gasteiger partial charge in [-0.2, -0.15) is 4.31 Å². The van der Waals surface area contributed by atoms with Crippen molar-refractivity contribution in [1.82, 2.24) is 9.62 Å². The van der Waals surface area contributed by atoms with Crippen molar-refractivity contribution in [2.45, 2.75) is 37.6 Å². The number of likely N-dealkylation sites (N-methyl/N-ethyl adjacent to an activating group) is 1. The molecule has 0 radical (unpaired) electrons. The fourth-order valence-corrected chi connectivity index (χ4v) is 3.09. The van der Waals surface area contributed by atoms with E-state index in [2.05, 4.69) is 5.32 Å². The first-order valence-electron chi connectivity index (χ1n) is 6.82. The number of sulfonamides is 1. The molecule has 1 amide bonds. The number of carbonyl (C=O) groups excluding carboxylic acids is 1. The lowest BCUT2D eigenvalue weighted by Gasteiger charge is -2.19. The standard InChI is InChI=1S/C14H21ClN2O3S/c1-4-12(5-2)16-14(18)10-17(3)21(19,20)13-8-6-11(15)7-9-13/h6-9,12H,4-5,10H2,1-3H3,(H,16,18). The first-order chi connectivity index (χ1) is 9.81. The number of benzene rings is 1. The summed E-state index contributed by atoms with van der Waals surface area (Å²) in [7, 11) is -2.30. The lowest BCUT2D eigenvalue weighted by Crippen LogP contribution is -2.42. The van der Waals surface area contributed by atoms with E-state index < -0.39 is 10.0 Å². The highest BCUT2D eigenvalue weighted by atomic mass is 35.5. The summed E-state index contributed by atoms with van der Waals surface area (Å²) in [5, 5.41) is 3.27. The van der Waals surface area contributed by atoms with Crippen molar-refractivity contribution in [3.63, 3.8) is 0 Å². The van der Waals surface area contributed by atoms with Gasteiger partial charge in [0, 0.05) is 18.1 Å². The number of hydrogen-bond donors (Lipinski definition) is 1. The van der Waals surface area contributed by atoms with E-state index in [0.29, 0.717) is 5.02 Å². The maximum Gasteiger partial charge on any atom is 0.243 e. The third-order valence-corrected chi connectivity index (χ3v) is 5.31. The number of nitrogens with zero attached hydrogens (tertiary/aromatic N) is 1. The Balaban J connectivity index is 2.76. The molecule has 0 bridgehead atoms. The van der Waals surface area contributed by atoms with Crippen LogP contribution in [0, 0.1) is 0 Å². The Kier molecular flexibility index (Phi) is 6.64. The van der Waals surface area contributed by atoms with Gasteiger partial charge in [0.15, 0.2) is 0 Å². The van der Waals surface area contributed by atoms with Crippen LogP contribution in [-0.2, 0) is 14.8 Å². The molecule has 7 heteroatoms. The minimum atomic E-state index is -3.69. The topological polar surface area (TPSA) is 66.5 Å². The molecule has 0 saturated carbocycles. The molecular weight excluding hydrogens is 312 g/mol. The maximum atomic E-state index is 12.3. The van der Waals surface area contributed by atoms with Crippen molar-refractivity contribution in [3.8, 4) is 0 Å². The summed E-state index contributed by atoms with van der Waals surface area (Å²) in [6.07, 6.45) is 1.63. The molecule has 5 nitrogen and oxygen atoms in total. The van der Waals surface area contributed by atoms with Crippen LogP contribution in [0.5, 0.6) is 0 Å². The normalized spacial score (nSPS) is 11.9. The first-order valence-corrected chi connectivity index (χ1v) is 8.64. The molecule has 21 heavy (non-hydrogen) atoms. The monoisotopic (exact) mass is 332 g/mol. The summed E-state index contributed by atoms with van der Waals surface area (Å²) in [5.74, 6) is -0.302. The van der Waals surface area contributed by atoms with E-state index in [-0.39, 0.29) is 23.4 Å². The van der Waals surface area contributed by atoms with Crippen LogP contribution < -0.4 is 5.32 Å². The fourth-order valence-electron chi connectivity index (χ4n) is 1.84. The second-order valence-electron chi connectivity index (χ2n) is 4.80. The van der Waals surface area contributed by atoms with Gasteiger partial charge in [-0.25, -0.2) is 8.42 Å². The Hall–Kier alpha value is -1.11. The van der Waals surface area contributed by atoms with Gasteiger partial charge in [0.05, 0.1) is 11.4 Å². The van der Waals surface area contributed by atoms with Crippen LogP contribution in [0.2, 0.25) is 5.02 Å². The summed E-state index contributed by atoms with van der Waals surface area (Å²) in [4.78, 5) is 12.0. The van der Waals surface area contributed by atoms with Gasteiger partial charge >= 0.3 is 0 Å². The number of amides is 1. The quantitative estimate of drug-likeness (QED) is 0.833. The highest BCUT2D eigenvalue weighted by Gasteiger charge is 2.23. The Bertz CT molecular complexity index is 568. The molecule has 0 aromatic heterocycles. The molecule has 0 saturated heterocycles. The Morgan fingerprint density at radius 3 is 2.24 bits per heavy atom. The summed E-state index contributed by atoms with van der Waals surface area (Å²) in [5.41, 5.74) is 0. The molecule has 0 fully saturated rings. The van der Waals surface area contributed by atoms with E-state index in [1.54, 1.807) is 0 Å². The summed E-state index contributed by atoms with van der Waals surface area (Å²) in [6.45, 7) is 3.74. The number of hydrogen-bond acceptors (Lipinski definition) is 3. The molecule has 0 spiro atoms. The first kappa shape index (κ1) is 17.9. The van der Waals surface area contributed by atoms with Gasteiger partial charge in [0.1, 0.15) is 0 Å². The number of nitrogens with one attached hydrogen (secondary N) is 1. The van der Waals surface area contributed by atoms with Crippen LogP contribution in [0.1, 0.15) is 26.7 Å². The molecule has 1 aromatic rings. The predicted molar refractivity (Wildman–Crippen MR) is 83.8 cm³/mol. The fraction of sp³-hybridized carbons (Fsp3) is 0.500. The molecular formula is C14H21ClN2O3S. The van der Waals surface area contributed by atoms with E-state index >= 15 is 0 Å². The van der Waals surface area contributed by atoms with Crippen molar-refractivity contribution in [2.75, 3.05) is 13.6 Å². The molecule has 1 rings (SSSR count). The largest absolute Gasteiger partial charge is 0.352 e. The minimum absolute atomic E-state index is 0.0733. The van der Waals surface area contributed by atoms with Crippen LogP contribution in [0.3, 0.4) is 0 Å². The molecule has 0 atom stereocenters. The second-order valence-corrected chi connectivity index (χ2v) is 7.28. The average Bonchev–Trinajstić information content (AvgIpc) is 2.45. The second kappa shape index (κ2) is 7.77. The SMILES string of the molecule is CCC(CC)NC(=O)CN(C)S(=O)(=O)c1ccc(Cl)cc1. The van der Waals surface area contributed by atoms with Gasteiger partial charge in [0.2, 0.25) is 15.9 Å². The smallest absolute Gasteiger partial charge is 0.243 e. The molecule has 0 unspecified atom stereocenters. The molecule has 0 heterocycles. The lowest BCUT2D eigenvalue weighted by molar-refractivity contribution is -0.121. The molecule has 0 aliphatic carbocycles. The average molecular weight is 333 g/mol. The van der Waals surface area contributed by atoms with Crippen molar-refractivity contribution in [2.24, 2.45) is 0 Å². The third kappa shape index (κ3) is 4.98. The number of rotatable bonds is 7. The number of carbonyl (C=O) groups is 1. The zero-order valence-corrected chi connectivity index (χ0v) is 14.0. The zero-order valence-electron chi connectivity index (χ0n) is 12.5. The minimum Gasteiger partial charge on any atom is -0.352 e. The van der Waals surface area contributed by atoms with Crippen LogP contribution >= 0.6 is 11.6 Å². The summed E-state index contributed by atoms with van der Waals surface area (Å²) in [6, 6.07) is 5.93. The molecule has 118 valence electrons. The Morgan fingerprint density at radius 2 is 1.76 bits per heavy atom. The maximum absolute atomic E-state index is 12.3. The van der Waals surface area contributed by atoms with Crippen molar-refractivity contribution < 1.29 is 13.2 Å². The van der Waals surface area contributed by atoms with E-state index in [1.165, 1.54) is 31.3 Å². The van der Waals surface area contributed by atoms with Crippen LogP contribution in [-0.4, -0.2) is 38.3 Å². The highest BCUT2D eigenvalue weighted by Crippen LogP contribution is 2.17. The highest BCUT2D eigenvalue weighted by molar-refractivity contribution is 7.89. The lowest BCUT2D eigenvalue weighted by atomic mass is 10.2. The van der Waals surface area contributed by atoms with Crippen molar-refractivity contribution in [1.29, 1.82) is 0 Å².